The third-order valence-corrected chi connectivity index (χ3v) is 7.42. The summed E-state index contributed by atoms with van der Waals surface area (Å²) in [7, 11) is -3.30. The lowest BCUT2D eigenvalue weighted by Crippen LogP contribution is -2.43. The first-order valence-corrected chi connectivity index (χ1v) is 7.57. The molecule has 0 aromatic heterocycles. The zero-order valence-corrected chi connectivity index (χ0v) is 10.6. The Morgan fingerprint density at radius 3 is 2.47 bits per heavy atom. The number of carbonyl (C=O) groups is 1. The second-order valence-electron chi connectivity index (χ2n) is 5.76. The lowest BCUT2D eigenvalue weighted by atomic mass is 9.89. The molecule has 3 unspecified atom stereocenters. The van der Waals surface area contributed by atoms with Crippen molar-refractivity contribution in [2.24, 2.45) is 5.92 Å². The van der Waals surface area contributed by atoms with Gasteiger partial charge in [0.2, 0.25) is 10.0 Å². The van der Waals surface area contributed by atoms with Gasteiger partial charge in [0, 0.05) is 12.1 Å². The average molecular weight is 259 g/mol. The topological polar surface area (TPSA) is 74.7 Å². The van der Waals surface area contributed by atoms with Crippen molar-refractivity contribution >= 4 is 16.0 Å². The first kappa shape index (κ1) is 11.5. The fraction of sp³-hybridized carbons (Fsp3) is 0.909. The normalized spacial score (nSPS) is 39.5. The molecule has 5 nitrogen and oxygen atoms in total. The first-order chi connectivity index (χ1) is 7.87. The number of aliphatic carboxylic acids is 1. The van der Waals surface area contributed by atoms with Crippen LogP contribution in [-0.4, -0.2) is 40.6 Å². The van der Waals surface area contributed by atoms with Crippen molar-refractivity contribution in [3.05, 3.63) is 0 Å². The summed E-state index contributed by atoms with van der Waals surface area (Å²) >= 11 is 0. The van der Waals surface area contributed by atoms with Crippen molar-refractivity contribution < 1.29 is 18.3 Å². The number of fused-ring (bicyclic) bond motifs is 2. The fourth-order valence-corrected chi connectivity index (χ4v) is 5.59. The van der Waals surface area contributed by atoms with E-state index in [9.17, 15) is 13.2 Å². The van der Waals surface area contributed by atoms with Crippen LogP contribution >= 0.6 is 0 Å². The van der Waals surface area contributed by atoms with Crippen LogP contribution in [0.5, 0.6) is 0 Å². The second kappa shape index (κ2) is 3.23. The summed E-state index contributed by atoms with van der Waals surface area (Å²) in [5, 5.41) is 9.12. The standard InChI is InChI=1S/C11H17NO4S/c1-11(4-5-11)17(15,16)12-7-2-3-9(12)8(6-7)10(13)14/h7-9H,2-6H2,1H3,(H,13,14). The highest BCUT2D eigenvalue weighted by Gasteiger charge is 2.61. The summed E-state index contributed by atoms with van der Waals surface area (Å²) < 4.78 is 25.9. The summed E-state index contributed by atoms with van der Waals surface area (Å²) in [5.41, 5.74) is 0. The van der Waals surface area contributed by atoms with E-state index in [0.29, 0.717) is 25.7 Å². The van der Waals surface area contributed by atoms with Crippen LogP contribution in [0.25, 0.3) is 0 Å². The minimum atomic E-state index is -3.30. The maximum Gasteiger partial charge on any atom is 0.308 e. The van der Waals surface area contributed by atoms with Gasteiger partial charge in [-0.3, -0.25) is 4.79 Å². The van der Waals surface area contributed by atoms with E-state index in [0.717, 1.165) is 6.42 Å². The van der Waals surface area contributed by atoms with Gasteiger partial charge in [-0.1, -0.05) is 0 Å². The third kappa shape index (κ3) is 1.40. The van der Waals surface area contributed by atoms with Gasteiger partial charge in [0.15, 0.2) is 0 Å². The molecule has 2 bridgehead atoms. The largest absolute Gasteiger partial charge is 0.481 e. The van der Waals surface area contributed by atoms with Crippen LogP contribution < -0.4 is 0 Å². The zero-order chi connectivity index (χ0) is 12.4. The molecule has 0 radical (unpaired) electrons. The second-order valence-corrected chi connectivity index (χ2v) is 8.12. The SMILES string of the molecule is CC1(S(=O)(=O)N2C3CCC2C(C(=O)O)C3)CC1. The minimum Gasteiger partial charge on any atom is -0.481 e. The number of nitrogens with zero attached hydrogens (tertiary/aromatic N) is 1. The predicted molar refractivity (Wildman–Crippen MR) is 61.0 cm³/mol. The van der Waals surface area contributed by atoms with Crippen LogP contribution in [0.1, 0.15) is 39.0 Å². The number of rotatable bonds is 3. The quantitative estimate of drug-likeness (QED) is 0.813. The monoisotopic (exact) mass is 259 g/mol. The summed E-state index contributed by atoms with van der Waals surface area (Å²) in [6.45, 7) is 1.77. The number of carboxylic acid groups (broad SMARTS) is 1. The molecule has 2 saturated heterocycles. The van der Waals surface area contributed by atoms with Crippen molar-refractivity contribution in [1.29, 1.82) is 0 Å². The molecular weight excluding hydrogens is 242 g/mol. The van der Waals surface area contributed by atoms with E-state index in [4.69, 9.17) is 5.11 Å². The summed E-state index contributed by atoms with van der Waals surface area (Å²) in [5.74, 6) is -1.34. The molecule has 2 aliphatic heterocycles. The Kier molecular flexibility index (Phi) is 2.18. The first-order valence-electron chi connectivity index (χ1n) is 6.13. The van der Waals surface area contributed by atoms with Crippen molar-refractivity contribution in [2.45, 2.75) is 55.9 Å². The zero-order valence-electron chi connectivity index (χ0n) is 9.80. The molecular formula is C11H17NO4S. The van der Waals surface area contributed by atoms with Gasteiger partial charge in [-0.15, -0.1) is 0 Å². The Morgan fingerprint density at radius 1 is 1.35 bits per heavy atom. The highest BCUT2D eigenvalue weighted by Crippen LogP contribution is 2.51. The maximum absolute atomic E-state index is 12.5. The lowest BCUT2D eigenvalue weighted by molar-refractivity contribution is -0.142. The van der Waals surface area contributed by atoms with E-state index >= 15 is 0 Å². The summed E-state index contributed by atoms with van der Waals surface area (Å²) in [6, 6.07) is -0.358. The molecule has 0 amide bonds. The van der Waals surface area contributed by atoms with E-state index < -0.39 is 26.7 Å². The molecule has 2 heterocycles. The molecule has 3 aliphatic rings. The van der Waals surface area contributed by atoms with Gasteiger partial charge in [-0.25, -0.2) is 8.42 Å². The van der Waals surface area contributed by atoms with Gasteiger partial charge < -0.3 is 5.11 Å². The van der Waals surface area contributed by atoms with Crippen LogP contribution in [0.15, 0.2) is 0 Å². The van der Waals surface area contributed by atoms with E-state index in [1.54, 1.807) is 11.2 Å². The highest BCUT2D eigenvalue weighted by atomic mass is 32.2. The predicted octanol–water partition coefficient (Wildman–Crippen LogP) is 0.806. The van der Waals surface area contributed by atoms with Gasteiger partial charge in [-0.05, 0) is 39.0 Å². The van der Waals surface area contributed by atoms with E-state index in [1.807, 2.05) is 0 Å². The van der Waals surface area contributed by atoms with Crippen LogP contribution in [0, 0.1) is 5.92 Å². The Hall–Kier alpha value is -0.620. The number of sulfonamides is 1. The molecule has 17 heavy (non-hydrogen) atoms. The molecule has 3 rings (SSSR count). The van der Waals surface area contributed by atoms with Crippen LogP contribution in [0.3, 0.4) is 0 Å². The smallest absolute Gasteiger partial charge is 0.308 e. The van der Waals surface area contributed by atoms with Crippen molar-refractivity contribution in [2.75, 3.05) is 0 Å². The molecule has 6 heteroatoms. The molecule has 0 aromatic carbocycles. The number of hydrogen-bond donors (Lipinski definition) is 1. The minimum absolute atomic E-state index is 0.0662. The summed E-state index contributed by atoms with van der Waals surface area (Å²) in [6.07, 6.45) is 3.45. The third-order valence-electron chi connectivity index (χ3n) is 4.64. The fourth-order valence-electron chi connectivity index (χ4n) is 3.27. The van der Waals surface area contributed by atoms with Gasteiger partial charge in [0.05, 0.1) is 10.7 Å². The van der Waals surface area contributed by atoms with Gasteiger partial charge in [0.25, 0.3) is 0 Å². The molecule has 0 spiro atoms. The van der Waals surface area contributed by atoms with Crippen molar-refractivity contribution in [1.82, 2.24) is 4.31 Å². The van der Waals surface area contributed by atoms with E-state index in [-0.39, 0.29) is 12.1 Å². The molecule has 1 aliphatic carbocycles. The van der Waals surface area contributed by atoms with Crippen LogP contribution in [-0.2, 0) is 14.8 Å². The average Bonchev–Trinajstić information content (AvgIpc) is 2.77. The Morgan fingerprint density at radius 2 is 2.00 bits per heavy atom. The van der Waals surface area contributed by atoms with Gasteiger partial charge in [0.1, 0.15) is 0 Å². The number of hydrogen-bond acceptors (Lipinski definition) is 3. The van der Waals surface area contributed by atoms with Gasteiger partial charge in [-0.2, -0.15) is 4.31 Å². The van der Waals surface area contributed by atoms with Crippen molar-refractivity contribution in [3.63, 3.8) is 0 Å². The lowest BCUT2D eigenvalue weighted by Gasteiger charge is -2.26. The van der Waals surface area contributed by atoms with E-state index in [2.05, 4.69) is 0 Å². The van der Waals surface area contributed by atoms with Crippen molar-refractivity contribution in [3.8, 4) is 0 Å². The molecule has 1 N–H and O–H groups in total. The Balaban J connectivity index is 1.93. The van der Waals surface area contributed by atoms with Gasteiger partial charge >= 0.3 is 5.97 Å². The molecule has 96 valence electrons. The summed E-state index contributed by atoms with van der Waals surface area (Å²) in [4.78, 5) is 11.1. The number of carboxylic acids is 1. The maximum atomic E-state index is 12.5. The highest BCUT2D eigenvalue weighted by molar-refractivity contribution is 7.90. The van der Waals surface area contributed by atoms with Crippen LogP contribution in [0.2, 0.25) is 0 Å². The molecule has 0 aromatic rings. The Bertz CT molecular complexity index is 468. The molecule has 1 saturated carbocycles. The molecule has 3 atom stereocenters. The molecule has 3 fully saturated rings. The Labute approximate surface area is 101 Å². The van der Waals surface area contributed by atoms with E-state index in [1.165, 1.54) is 0 Å². The van der Waals surface area contributed by atoms with Crippen LogP contribution in [0.4, 0.5) is 0 Å².